The smallest absolute Gasteiger partial charge is 0.162 e. The fourth-order valence-corrected chi connectivity index (χ4v) is 1.01. The van der Waals surface area contributed by atoms with Crippen LogP contribution in [0.1, 0.15) is 5.56 Å². The summed E-state index contributed by atoms with van der Waals surface area (Å²) in [5.74, 6) is 1.18. The van der Waals surface area contributed by atoms with Gasteiger partial charge in [0, 0.05) is 6.07 Å². The Morgan fingerprint density at radius 2 is 2.29 bits per heavy atom. The van der Waals surface area contributed by atoms with Gasteiger partial charge in [-0.05, 0) is 12.1 Å². The molecule has 0 aromatic heterocycles. The molecular formula is C11H11NO2. The lowest BCUT2D eigenvalue weighted by Crippen LogP contribution is -1.96. The van der Waals surface area contributed by atoms with Crippen molar-refractivity contribution >= 4 is 0 Å². The molecule has 0 amide bonds. The summed E-state index contributed by atoms with van der Waals surface area (Å²) >= 11 is 0. The van der Waals surface area contributed by atoms with E-state index in [1.165, 1.54) is 7.11 Å². The predicted molar refractivity (Wildman–Crippen MR) is 53.4 cm³/mol. The van der Waals surface area contributed by atoms with E-state index in [-0.39, 0.29) is 0 Å². The summed E-state index contributed by atoms with van der Waals surface area (Å²) in [5, 5.41) is 8.66. The van der Waals surface area contributed by atoms with Crippen LogP contribution in [0.4, 0.5) is 0 Å². The van der Waals surface area contributed by atoms with Crippen molar-refractivity contribution in [2.75, 3.05) is 13.7 Å². The van der Waals surface area contributed by atoms with Gasteiger partial charge in [0.05, 0.1) is 18.7 Å². The monoisotopic (exact) mass is 189 g/mol. The molecule has 0 radical (unpaired) electrons. The summed E-state index contributed by atoms with van der Waals surface area (Å²) in [7, 11) is 1.54. The molecule has 1 aromatic carbocycles. The molecule has 0 spiro atoms. The second kappa shape index (κ2) is 4.93. The minimum Gasteiger partial charge on any atom is -0.493 e. The quantitative estimate of drug-likeness (QED) is 0.681. The highest BCUT2D eigenvalue weighted by Gasteiger charge is 2.04. The first-order valence-corrected chi connectivity index (χ1v) is 4.13. The Hall–Kier alpha value is -1.95. The molecule has 0 heterocycles. The molecule has 1 rings (SSSR count). The summed E-state index contributed by atoms with van der Waals surface area (Å²) in [6.45, 7) is 3.97. The van der Waals surface area contributed by atoms with Gasteiger partial charge in [-0.3, -0.25) is 0 Å². The van der Waals surface area contributed by atoms with Crippen molar-refractivity contribution in [2.24, 2.45) is 0 Å². The zero-order chi connectivity index (χ0) is 10.4. The van der Waals surface area contributed by atoms with E-state index >= 15 is 0 Å². The SMILES string of the molecule is C=CCOc1ccc(C#N)cc1OC. The molecule has 0 bridgehead atoms. The molecule has 14 heavy (non-hydrogen) atoms. The van der Waals surface area contributed by atoms with E-state index in [0.717, 1.165) is 0 Å². The molecule has 0 aliphatic heterocycles. The Morgan fingerprint density at radius 1 is 1.50 bits per heavy atom. The molecule has 1 aromatic rings. The summed E-state index contributed by atoms with van der Waals surface area (Å²) in [6.07, 6.45) is 1.65. The van der Waals surface area contributed by atoms with Crippen molar-refractivity contribution in [1.29, 1.82) is 5.26 Å². The van der Waals surface area contributed by atoms with E-state index in [0.29, 0.717) is 23.7 Å². The highest BCUT2D eigenvalue weighted by molar-refractivity contribution is 5.46. The van der Waals surface area contributed by atoms with Gasteiger partial charge in [0.25, 0.3) is 0 Å². The number of nitriles is 1. The molecule has 0 aliphatic carbocycles. The summed E-state index contributed by atoms with van der Waals surface area (Å²) < 4.78 is 10.4. The number of benzene rings is 1. The van der Waals surface area contributed by atoms with E-state index in [1.54, 1.807) is 24.3 Å². The highest BCUT2D eigenvalue weighted by Crippen LogP contribution is 2.27. The second-order valence-corrected chi connectivity index (χ2v) is 2.58. The standard InChI is InChI=1S/C11H11NO2/c1-3-6-14-10-5-4-9(8-12)7-11(10)13-2/h3-5,7H,1,6H2,2H3. The first-order valence-electron chi connectivity index (χ1n) is 4.13. The number of rotatable bonds is 4. The molecule has 0 unspecified atom stereocenters. The minimum absolute atomic E-state index is 0.419. The lowest BCUT2D eigenvalue weighted by Gasteiger charge is -2.08. The maximum Gasteiger partial charge on any atom is 0.162 e. The number of hydrogen-bond acceptors (Lipinski definition) is 3. The molecule has 0 fully saturated rings. The number of hydrogen-bond donors (Lipinski definition) is 0. The molecule has 0 aliphatic rings. The lowest BCUT2D eigenvalue weighted by atomic mass is 10.2. The Labute approximate surface area is 83.2 Å². The Morgan fingerprint density at radius 3 is 2.86 bits per heavy atom. The van der Waals surface area contributed by atoms with Crippen LogP contribution in [0.2, 0.25) is 0 Å². The maximum absolute atomic E-state index is 8.66. The third kappa shape index (κ3) is 2.27. The van der Waals surface area contributed by atoms with E-state index in [1.807, 2.05) is 6.07 Å². The number of methoxy groups -OCH3 is 1. The van der Waals surface area contributed by atoms with Crippen LogP contribution in [0.5, 0.6) is 11.5 Å². The third-order valence-electron chi connectivity index (χ3n) is 1.65. The highest BCUT2D eigenvalue weighted by atomic mass is 16.5. The van der Waals surface area contributed by atoms with Crippen molar-refractivity contribution in [3.63, 3.8) is 0 Å². The molecule has 0 N–H and O–H groups in total. The van der Waals surface area contributed by atoms with Gasteiger partial charge in [0.2, 0.25) is 0 Å². The van der Waals surface area contributed by atoms with Crippen LogP contribution in [0.3, 0.4) is 0 Å². The Kier molecular flexibility index (Phi) is 3.57. The van der Waals surface area contributed by atoms with Crippen molar-refractivity contribution in [2.45, 2.75) is 0 Å². The van der Waals surface area contributed by atoms with Gasteiger partial charge in [-0.2, -0.15) is 5.26 Å². The lowest BCUT2D eigenvalue weighted by molar-refractivity contribution is 0.326. The number of nitrogens with zero attached hydrogens (tertiary/aromatic N) is 1. The topological polar surface area (TPSA) is 42.2 Å². The van der Waals surface area contributed by atoms with Crippen molar-refractivity contribution in [3.8, 4) is 17.6 Å². The fourth-order valence-electron chi connectivity index (χ4n) is 1.01. The van der Waals surface area contributed by atoms with Gasteiger partial charge in [-0.1, -0.05) is 12.7 Å². The first-order chi connectivity index (χ1) is 6.81. The van der Waals surface area contributed by atoms with Gasteiger partial charge < -0.3 is 9.47 Å². The van der Waals surface area contributed by atoms with Crippen molar-refractivity contribution in [3.05, 3.63) is 36.4 Å². The van der Waals surface area contributed by atoms with E-state index in [4.69, 9.17) is 14.7 Å². The van der Waals surface area contributed by atoms with Crippen LogP contribution in [0, 0.1) is 11.3 Å². The molecule has 0 atom stereocenters. The summed E-state index contributed by atoms with van der Waals surface area (Å²) in [5.41, 5.74) is 0.549. The molecule has 0 saturated carbocycles. The fraction of sp³-hybridized carbons (Fsp3) is 0.182. The molecule has 3 nitrogen and oxygen atoms in total. The summed E-state index contributed by atoms with van der Waals surface area (Å²) in [4.78, 5) is 0. The average Bonchev–Trinajstić information content (AvgIpc) is 2.26. The minimum atomic E-state index is 0.419. The van der Waals surface area contributed by atoms with E-state index in [2.05, 4.69) is 6.58 Å². The van der Waals surface area contributed by atoms with E-state index in [9.17, 15) is 0 Å². The van der Waals surface area contributed by atoms with Gasteiger partial charge in [-0.25, -0.2) is 0 Å². The maximum atomic E-state index is 8.66. The normalized spacial score (nSPS) is 8.86. The van der Waals surface area contributed by atoms with Crippen molar-refractivity contribution in [1.82, 2.24) is 0 Å². The van der Waals surface area contributed by atoms with Gasteiger partial charge in [-0.15, -0.1) is 0 Å². The van der Waals surface area contributed by atoms with Gasteiger partial charge in [0.15, 0.2) is 11.5 Å². The summed E-state index contributed by atoms with van der Waals surface area (Å²) in [6, 6.07) is 7.06. The van der Waals surface area contributed by atoms with Crippen LogP contribution in [0.15, 0.2) is 30.9 Å². The van der Waals surface area contributed by atoms with Gasteiger partial charge in [0.1, 0.15) is 6.61 Å². The molecular weight excluding hydrogens is 178 g/mol. The largest absolute Gasteiger partial charge is 0.493 e. The van der Waals surface area contributed by atoms with Crippen LogP contribution in [-0.4, -0.2) is 13.7 Å². The predicted octanol–water partition coefficient (Wildman–Crippen LogP) is 2.13. The van der Waals surface area contributed by atoms with Gasteiger partial charge >= 0.3 is 0 Å². The van der Waals surface area contributed by atoms with Crippen molar-refractivity contribution < 1.29 is 9.47 Å². The Balaban J connectivity index is 2.94. The second-order valence-electron chi connectivity index (χ2n) is 2.58. The molecule has 3 heteroatoms. The first kappa shape index (κ1) is 10.1. The van der Waals surface area contributed by atoms with Crippen LogP contribution in [0.25, 0.3) is 0 Å². The zero-order valence-corrected chi connectivity index (χ0v) is 7.99. The van der Waals surface area contributed by atoms with Crippen LogP contribution in [-0.2, 0) is 0 Å². The Bertz CT molecular complexity index is 366. The average molecular weight is 189 g/mol. The molecule has 0 saturated heterocycles. The van der Waals surface area contributed by atoms with E-state index < -0.39 is 0 Å². The number of ether oxygens (including phenoxy) is 2. The van der Waals surface area contributed by atoms with Crippen LogP contribution < -0.4 is 9.47 Å². The third-order valence-corrected chi connectivity index (χ3v) is 1.65. The zero-order valence-electron chi connectivity index (χ0n) is 7.99. The van der Waals surface area contributed by atoms with Crippen LogP contribution >= 0.6 is 0 Å². The molecule has 72 valence electrons.